The number of pyridine rings is 1. The summed E-state index contributed by atoms with van der Waals surface area (Å²) in [4.78, 5) is 21.4. The summed E-state index contributed by atoms with van der Waals surface area (Å²) in [6, 6.07) is 6.13. The molecule has 0 spiro atoms. The fraction of sp³-hybridized carbons (Fsp3) is 0.471. The Morgan fingerprint density at radius 1 is 1.22 bits per heavy atom. The van der Waals surface area contributed by atoms with Gasteiger partial charge in [-0.2, -0.15) is 5.10 Å². The number of aromatic nitrogens is 3. The van der Waals surface area contributed by atoms with Gasteiger partial charge in [0, 0.05) is 51.7 Å². The number of rotatable bonds is 3. The second kappa shape index (κ2) is 6.91. The molecule has 0 radical (unpaired) electrons. The van der Waals surface area contributed by atoms with Gasteiger partial charge in [-0.05, 0) is 25.5 Å². The number of hydrogen-bond donors (Lipinski definition) is 0. The lowest BCUT2D eigenvalue weighted by Crippen LogP contribution is -2.35. The first-order valence-corrected chi connectivity index (χ1v) is 8.04. The molecule has 3 rings (SSSR count). The molecular formula is C17H23N5O. The number of carbonyl (C=O) groups is 1. The Kier molecular flexibility index (Phi) is 4.71. The van der Waals surface area contributed by atoms with Crippen LogP contribution in [0.2, 0.25) is 0 Å². The molecule has 6 nitrogen and oxygen atoms in total. The minimum atomic E-state index is 0.0774. The molecule has 0 N–H and O–H groups in total. The highest BCUT2D eigenvalue weighted by Gasteiger charge is 2.21. The van der Waals surface area contributed by atoms with Crippen LogP contribution in [0.1, 0.15) is 28.2 Å². The monoisotopic (exact) mass is 313 g/mol. The maximum atomic E-state index is 12.5. The van der Waals surface area contributed by atoms with Gasteiger partial charge in [0.25, 0.3) is 5.91 Å². The van der Waals surface area contributed by atoms with Gasteiger partial charge in [-0.15, -0.1) is 0 Å². The van der Waals surface area contributed by atoms with Crippen molar-refractivity contribution in [3.8, 4) is 0 Å². The highest BCUT2D eigenvalue weighted by molar-refractivity contribution is 5.93. The summed E-state index contributed by atoms with van der Waals surface area (Å²) in [5, 5.41) is 4.09. The van der Waals surface area contributed by atoms with E-state index >= 15 is 0 Å². The molecule has 0 atom stereocenters. The van der Waals surface area contributed by atoms with E-state index in [9.17, 15) is 4.79 Å². The zero-order chi connectivity index (χ0) is 16.2. The third-order valence-electron chi connectivity index (χ3n) is 4.16. The minimum absolute atomic E-state index is 0.0774. The largest absolute Gasteiger partial charge is 0.337 e. The Hall–Kier alpha value is -2.21. The van der Waals surface area contributed by atoms with Crippen LogP contribution in [-0.4, -0.2) is 56.7 Å². The van der Waals surface area contributed by atoms with Crippen molar-refractivity contribution >= 4 is 5.91 Å². The molecule has 1 amide bonds. The fourth-order valence-electron chi connectivity index (χ4n) is 2.96. The third kappa shape index (κ3) is 3.96. The summed E-state index contributed by atoms with van der Waals surface area (Å²) in [5.74, 6) is 0.0774. The molecule has 0 bridgehead atoms. The molecule has 122 valence electrons. The lowest BCUT2D eigenvalue weighted by atomic mass is 10.3. The van der Waals surface area contributed by atoms with Crippen molar-refractivity contribution in [2.75, 3.05) is 26.2 Å². The smallest absolute Gasteiger partial charge is 0.257 e. The average molecular weight is 313 g/mol. The second-order valence-electron chi connectivity index (χ2n) is 6.09. The Morgan fingerprint density at radius 3 is 2.83 bits per heavy atom. The van der Waals surface area contributed by atoms with Gasteiger partial charge in [0.15, 0.2) is 0 Å². The van der Waals surface area contributed by atoms with Crippen molar-refractivity contribution in [2.24, 2.45) is 7.05 Å². The zero-order valence-electron chi connectivity index (χ0n) is 13.8. The van der Waals surface area contributed by atoms with Crippen molar-refractivity contribution in [3.05, 3.63) is 47.5 Å². The lowest BCUT2D eigenvalue weighted by molar-refractivity contribution is 0.0761. The summed E-state index contributed by atoms with van der Waals surface area (Å²) in [5.41, 5.74) is 2.81. The number of amides is 1. The molecular weight excluding hydrogens is 290 g/mol. The predicted octanol–water partition coefficient (Wildman–Crippen LogP) is 1.47. The molecule has 0 aromatic carbocycles. The Bertz CT molecular complexity index is 681. The van der Waals surface area contributed by atoms with Crippen LogP contribution in [0.3, 0.4) is 0 Å². The molecule has 2 aromatic rings. The first kappa shape index (κ1) is 15.7. The van der Waals surface area contributed by atoms with E-state index in [0.29, 0.717) is 5.56 Å². The average Bonchev–Trinajstić information content (AvgIpc) is 2.82. The first-order chi connectivity index (χ1) is 11.1. The van der Waals surface area contributed by atoms with Crippen molar-refractivity contribution < 1.29 is 4.79 Å². The Labute approximate surface area is 136 Å². The van der Waals surface area contributed by atoms with Crippen LogP contribution in [0.5, 0.6) is 0 Å². The lowest BCUT2D eigenvalue weighted by Gasteiger charge is -2.21. The van der Waals surface area contributed by atoms with E-state index in [1.807, 2.05) is 31.0 Å². The molecule has 2 aromatic heterocycles. The summed E-state index contributed by atoms with van der Waals surface area (Å²) >= 11 is 0. The fourth-order valence-corrected chi connectivity index (χ4v) is 2.96. The van der Waals surface area contributed by atoms with Crippen LogP contribution >= 0.6 is 0 Å². The number of nitrogens with zero attached hydrogens (tertiary/aromatic N) is 5. The predicted molar refractivity (Wildman–Crippen MR) is 88.0 cm³/mol. The van der Waals surface area contributed by atoms with Crippen LogP contribution in [0.4, 0.5) is 0 Å². The van der Waals surface area contributed by atoms with Gasteiger partial charge < -0.3 is 4.90 Å². The Balaban J connectivity index is 1.60. The van der Waals surface area contributed by atoms with E-state index in [2.05, 4.69) is 21.0 Å². The molecule has 1 saturated heterocycles. The molecule has 0 unspecified atom stereocenters. The maximum absolute atomic E-state index is 12.5. The maximum Gasteiger partial charge on any atom is 0.257 e. The van der Waals surface area contributed by atoms with E-state index in [0.717, 1.165) is 50.5 Å². The van der Waals surface area contributed by atoms with Gasteiger partial charge in [-0.25, -0.2) is 0 Å². The minimum Gasteiger partial charge on any atom is -0.337 e. The normalized spacial score (nSPS) is 16.3. The molecule has 0 saturated carbocycles. The first-order valence-electron chi connectivity index (χ1n) is 8.04. The van der Waals surface area contributed by atoms with Crippen LogP contribution in [-0.2, 0) is 13.6 Å². The summed E-state index contributed by atoms with van der Waals surface area (Å²) in [6.07, 6.45) is 4.40. The quantitative estimate of drug-likeness (QED) is 0.861. The van der Waals surface area contributed by atoms with E-state index in [4.69, 9.17) is 0 Å². The summed E-state index contributed by atoms with van der Waals surface area (Å²) in [6.45, 7) is 6.27. The van der Waals surface area contributed by atoms with E-state index < -0.39 is 0 Å². The molecule has 1 aliphatic heterocycles. The molecule has 1 fully saturated rings. The van der Waals surface area contributed by atoms with E-state index in [1.165, 1.54) is 0 Å². The highest BCUT2D eigenvalue weighted by atomic mass is 16.2. The van der Waals surface area contributed by atoms with Crippen LogP contribution in [0.15, 0.2) is 30.6 Å². The van der Waals surface area contributed by atoms with Crippen molar-refractivity contribution in [1.29, 1.82) is 0 Å². The van der Waals surface area contributed by atoms with E-state index in [1.54, 1.807) is 17.1 Å². The van der Waals surface area contributed by atoms with Crippen molar-refractivity contribution in [1.82, 2.24) is 24.6 Å². The standard InChI is InChI=1S/C17H23N5O/c1-14-5-3-6-16(19-14)13-21-7-4-8-22(10-9-21)17(23)15-11-18-20(2)12-15/h3,5-6,11-12H,4,7-10,13H2,1-2H3. The third-order valence-corrected chi connectivity index (χ3v) is 4.16. The van der Waals surface area contributed by atoms with Crippen LogP contribution < -0.4 is 0 Å². The zero-order valence-corrected chi connectivity index (χ0v) is 13.8. The number of aryl methyl sites for hydroxylation is 2. The Morgan fingerprint density at radius 2 is 2.09 bits per heavy atom. The molecule has 1 aliphatic rings. The number of carbonyl (C=O) groups excluding carboxylic acids is 1. The highest BCUT2D eigenvalue weighted by Crippen LogP contribution is 2.11. The van der Waals surface area contributed by atoms with Gasteiger partial charge in [0.05, 0.1) is 17.5 Å². The van der Waals surface area contributed by atoms with Gasteiger partial charge in [-0.3, -0.25) is 19.4 Å². The molecule has 0 aliphatic carbocycles. The van der Waals surface area contributed by atoms with Crippen molar-refractivity contribution in [2.45, 2.75) is 19.9 Å². The SMILES string of the molecule is Cc1cccc(CN2CCCN(C(=O)c3cnn(C)c3)CC2)n1. The molecule has 3 heterocycles. The van der Waals surface area contributed by atoms with Gasteiger partial charge >= 0.3 is 0 Å². The van der Waals surface area contributed by atoms with E-state index in [-0.39, 0.29) is 5.91 Å². The van der Waals surface area contributed by atoms with Gasteiger partial charge in [0.2, 0.25) is 0 Å². The number of hydrogen-bond acceptors (Lipinski definition) is 4. The summed E-state index contributed by atoms with van der Waals surface area (Å²) in [7, 11) is 1.83. The molecule has 23 heavy (non-hydrogen) atoms. The van der Waals surface area contributed by atoms with Crippen LogP contribution in [0, 0.1) is 6.92 Å². The summed E-state index contributed by atoms with van der Waals surface area (Å²) < 4.78 is 1.67. The van der Waals surface area contributed by atoms with Gasteiger partial charge in [0.1, 0.15) is 0 Å². The van der Waals surface area contributed by atoms with Crippen LogP contribution in [0.25, 0.3) is 0 Å². The molecule has 6 heteroatoms. The second-order valence-corrected chi connectivity index (χ2v) is 6.09. The van der Waals surface area contributed by atoms with Crippen molar-refractivity contribution in [3.63, 3.8) is 0 Å². The van der Waals surface area contributed by atoms with Gasteiger partial charge in [-0.1, -0.05) is 6.07 Å². The topological polar surface area (TPSA) is 54.3 Å².